The molecule has 3 heteroatoms. The smallest absolute Gasteiger partial charge is 0.128 e. The molecule has 0 fully saturated rings. The van der Waals surface area contributed by atoms with Crippen molar-refractivity contribution < 1.29 is 14.9 Å². The summed E-state index contributed by atoms with van der Waals surface area (Å²) in [6, 6.07) is 7.87. The average Bonchev–Trinajstić information content (AvgIpc) is 2.61. The molecule has 0 atom stereocenters. The molecule has 2 rings (SSSR count). The van der Waals surface area contributed by atoms with Crippen LogP contribution in [0.3, 0.4) is 0 Å². The third-order valence-corrected chi connectivity index (χ3v) is 5.23. The van der Waals surface area contributed by atoms with Gasteiger partial charge in [-0.3, -0.25) is 0 Å². The van der Waals surface area contributed by atoms with Crippen molar-refractivity contribution in [1.82, 2.24) is 0 Å². The Kier molecular flexibility index (Phi) is 8.85. The van der Waals surface area contributed by atoms with Crippen molar-refractivity contribution in [3.05, 3.63) is 46.5 Å². The van der Waals surface area contributed by atoms with Gasteiger partial charge in [-0.1, -0.05) is 55.4 Å². The summed E-state index contributed by atoms with van der Waals surface area (Å²) in [7, 11) is 0. The molecule has 0 aromatic heterocycles. The van der Waals surface area contributed by atoms with E-state index in [1.807, 2.05) is 24.3 Å². The molecule has 0 aliphatic carbocycles. The molecule has 2 N–H and O–H groups in total. The van der Waals surface area contributed by atoms with Gasteiger partial charge < -0.3 is 14.9 Å². The van der Waals surface area contributed by atoms with Crippen molar-refractivity contribution in [1.29, 1.82) is 0 Å². The molecule has 0 saturated carbocycles. The van der Waals surface area contributed by atoms with Gasteiger partial charge in [0, 0.05) is 0 Å². The zero-order chi connectivity index (χ0) is 23.3. The van der Waals surface area contributed by atoms with Crippen molar-refractivity contribution in [2.45, 2.75) is 81.1 Å². The standard InChI is InChI=1S/C28H42O3/c1-17(2)9-21-13-25(14-22(27(21)29)10-18(3)4)31-26-15-23(11-19(5)6)28(30)24(16-26)12-20(7)8/h13-20,29-30H,9-12H2,1-8H3. The van der Waals surface area contributed by atoms with Crippen LogP contribution < -0.4 is 4.74 Å². The monoisotopic (exact) mass is 426 g/mol. The van der Waals surface area contributed by atoms with Gasteiger partial charge in [-0.2, -0.15) is 0 Å². The molecular formula is C28H42O3. The van der Waals surface area contributed by atoms with Gasteiger partial charge in [0.2, 0.25) is 0 Å². The van der Waals surface area contributed by atoms with E-state index in [-0.39, 0.29) is 0 Å². The van der Waals surface area contributed by atoms with E-state index in [1.165, 1.54) is 0 Å². The van der Waals surface area contributed by atoms with Crippen LogP contribution >= 0.6 is 0 Å². The van der Waals surface area contributed by atoms with Crippen LogP contribution in [0, 0.1) is 23.7 Å². The lowest BCUT2D eigenvalue weighted by molar-refractivity contribution is 0.434. The largest absolute Gasteiger partial charge is 0.507 e. The second kappa shape index (κ2) is 10.9. The number of aromatic hydroxyl groups is 2. The number of hydrogen-bond donors (Lipinski definition) is 2. The molecule has 31 heavy (non-hydrogen) atoms. The maximum Gasteiger partial charge on any atom is 0.128 e. The first-order valence-corrected chi connectivity index (χ1v) is 11.8. The van der Waals surface area contributed by atoms with Gasteiger partial charge >= 0.3 is 0 Å². The fourth-order valence-electron chi connectivity index (χ4n) is 4.09. The van der Waals surface area contributed by atoms with Crippen molar-refractivity contribution in [2.24, 2.45) is 23.7 Å². The Morgan fingerprint density at radius 3 is 0.935 bits per heavy atom. The predicted molar refractivity (Wildman–Crippen MR) is 130 cm³/mol. The zero-order valence-corrected chi connectivity index (χ0v) is 20.7. The van der Waals surface area contributed by atoms with E-state index >= 15 is 0 Å². The van der Waals surface area contributed by atoms with Gasteiger partial charge in [0.25, 0.3) is 0 Å². The second-order valence-electron chi connectivity index (χ2n) is 10.7. The van der Waals surface area contributed by atoms with E-state index in [0.717, 1.165) is 59.4 Å². The number of phenolic OH excluding ortho intramolecular Hbond substituents is 2. The molecule has 2 aromatic carbocycles. The molecule has 0 aliphatic heterocycles. The number of phenols is 2. The third-order valence-electron chi connectivity index (χ3n) is 5.23. The van der Waals surface area contributed by atoms with Gasteiger partial charge in [-0.25, -0.2) is 0 Å². The maximum atomic E-state index is 10.8. The molecule has 0 saturated heterocycles. The Morgan fingerprint density at radius 2 is 0.742 bits per heavy atom. The van der Waals surface area contributed by atoms with E-state index < -0.39 is 0 Å². The Morgan fingerprint density at radius 1 is 0.516 bits per heavy atom. The highest BCUT2D eigenvalue weighted by molar-refractivity contribution is 5.51. The Balaban J connectivity index is 2.49. The second-order valence-corrected chi connectivity index (χ2v) is 10.7. The highest BCUT2D eigenvalue weighted by atomic mass is 16.5. The first-order valence-electron chi connectivity index (χ1n) is 11.8. The van der Waals surface area contributed by atoms with E-state index in [0.29, 0.717) is 35.2 Å². The van der Waals surface area contributed by atoms with Gasteiger partial charge in [0.15, 0.2) is 0 Å². The summed E-state index contributed by atoms with van der Waals surface area (Å²) in [5.74, 6) is 4.08. The summed E-state index contributed by atoms with van der Waals surface area (Å²) < 4.78 is 6.36. The molecule has 0 heterocycles. The molecular weight excluding hydrogens is 384 g/mol. The molecule has 0 aliphatic rings. The minimum atomic E-state index is 0.404. The number of rotatable bonds is 10. The van der Waals surface area contributed by atoms with E-state index in [4.69, 9.17) is 4.74 Å². The summed E-state index contributed by atoms with van der Waals surface area (Å²) in [6.45, 7) is 17.3. The number of ether oxygens (including phenoxy) is 1. The van der Waals surface area contributed by atoms with Crippen LogP contribution in [-0.4, -0.2) is 10.2 Å². The molecule has 0 spiro atoms. The maximum absolute atomic E-state index is 10.8. The van der Waals surface area contributed by atoms with Crippen LogP contribution in [0.5, 0.6) is 23.0 Å². The lowest BCUT2D eigenvalue weighted by Crippen LogP contribution is -2.03. The van der Waals surface area contributed by atoms with Crippen LogP contribution in [0.4, 0.5) is 0 Å². The number of hydrogen-bond acceptors (Lipinski definition) is 3. The summed E-state index contributed by atoms with van der Waals surface area (Å²) >= 11 is 0. The van der Waals surface area contributed by atoms with E-state index in [1.54, 1.807) is 0 Å². The lowest BCUT2D eigenvalue weighted by atomic mass is 9.94. The van der Waals surface area contributed by atoms with Crippen LogP contribution in [0.15, 0.2) is 24.3 Å². The predicted octanol–water partition coefficient (Wildman–Crippen LogP) is 7.68. The fraction of sp³-hybridized carbons (Fsp3) is 0.571. The molecule has 0 radical (unpaired) electrons. The Bertz CT molecular complexity index is 729. The SMILES string of the molecule is CC(C)Cc1cc(Oc2cc(CC(C)C)c(O)c(CC(C)C)c2)cc(CC(C)C)c1O. The summed E-state index contributed by atoms with van der Waals surface area (Å²) in [5.41, 5.74) is 3.75. The van der Waals surface area contributed by atoms with Crippen molar-refractivity contribution in [3.8, 4) is 23.0 Å². The molecule has 3 nitrogen and oxygen atoms in total. The zero-order valence-electron chi connectivity index (χ0n) is 20.7. The number of benzene rings is 2. The van der Waals surface area contributed by atoms with Crippen LogP contribution in [0.25, 0.3) is 0 Å². The summed E-state index contributed by atoms with van der Waals surface area (Å²) in [6.07, 6.45) is 3.23. The molecule has 0 bridgehead atoms. The van der Waals surface area contributed by atoms with Crippen molar-refractivity contribution >= 4 is 0 Å². The Hall–Kier alpha value is -2.16. The van der Waals surface area contributed by atoms with Crippen molar-refractivity contribution in [3.63, 3.8) is 0 Å². The first kappa shape index (κ1) is 25.1. The van der Waals surface area contributed by atoms with Gasteiger partial charge in [-0.05, 0) is 95.9 Å². The normalized spacial score (nSPS) is 11.9. The van der Waals surface area contributed by atoms with Crippen LogP contribution in [0.1, 0.15) is 77.6 Å². The minimum Gasteiger partial charge on any atom is -0.507 e. The van der Waals surface area contributed by atoms with Gasteiger partial charge in [0.05, 0.1) is 0 Å². The third kappa shape index (κ3) is 7.48. The van der Waals surface area contributed by atoms with Crippen molar-refractivity contribution in [2.75, 3.05) is 0 Å². The summed E-state index contributed by atoms with van der Waals surface area (Å²) in [5, 5.41) is 21.6. The van der Waals surface area contributed by atoms with E-state index in [2.05, 4.69) is 55.4 Å². The molecule has 172 valence electrons. The van der Waals surface area contributed by atoms with Gasteiger partial charge in [0.1, 0.15) is 23.0 Å². The quantitative estimate of drug-likeness (QED) is 0.409. The average molecular weight is 427 g/mol. The van der Waals surface area contributed by atoms with Crippen LogP contribution in [-0.2, 0) is 25.7 Å². The highest BCUT2D eigenvalue weighted by Crippen LogP contribution is 2.37. The first-order chi connectivity index (χ1) is 14.5. The molecule has 0 unspecified atom stereocenters. The molecule has 2 aromatic rings. The summed E-state index contributed by atoms with van der Waals surface area (Å²) in [4.78, 5) is 0. The fourth-order valence-corrected chi connectivity index (χ4v) is 4.09. The molecule has 0 amide bonds. The lowest BCUT2D eigenvalue weighted by Gasteiger charge is -2.18. The Labute approximate surface area is 189 Å². The minimum absolute atomic E-state index is 0.404. The van der Waals surface area contributed by atoms with Gasteiger partial charge in [-0.15, -0.1) is 0 Å². The highest BCUT2D eigenvalue weighted by Gasteiger charge is 2.17. The topological polar surface area (TPSA) is 49.7 Å². The van der Waals surface area contributed by atoms with Crippen LogP contribution in [0.2, 0.25) is 0 Å². The van der Waals surface area contributed by atoms with E-state index in [9.17, 15) is 10.2 Å².